The lowest BCUT2D eigenvalue weighted by molar-refractivity contribution is 0.576. The summed E-state index contributed by atoms with van der Waals surface area (Å²) in [5, 5.41) is 4.67. The molecule has 68 valence electrons. The third kappa shape index (κ3) is 3.17. The fourth-order valence-corrected chi connectivity index (χ4v) is 3.80. The first-order valence-electron chi connectivity index (χ1n) is 2.90. The molecule has 0 amide bonds. The van der Waals surface area contributed by atoms with Crippen LogP contribution in [0.25, 0.3) is 0 Å². The molecule has 0 saturated heterocycles. The van der Waals surface area contributed by atoms with E-state index in [1.54, 1.807) is 0 Å². The monoisotopic (exact) mass is 201 g/mol. The van der Waals surface area contributed by atoms with Gasteiger partial charge < -0.3 is 0 Å². The Morgan fingerprint density at radius 3 is 1.64 bits per heavy atom. The van der Waals surface area contributed by atoms with E-state index in [2.05, 4.69) is 5.14 Å². The number of primary sulfonamides is 1. The summed E-state index contributed by atoms with van der Waals surface area (Å²) in [7, 11) is -7.55. The van der Waals surface area contributed by atoms with Gasteiger partial charge in [-0.2, -0.15) is 0 Å². The normalized spacial score (nSPS) is 16.3. The zero-order chi connectivity index (χ0) is 9.28. The average Bonchev–Trinajstić information content (AvgIpc) is 1.56. The van der Waals surface area contributed by atoms with E-state index in [4.69, 9.17) is 0 Å². The van der Waals surface area contributed by atoms with Gasteiger partial charge >= 0.3 is 0 Å². The molecular weight excluding hydrogens is 190 g/mol. The largest absolute Gasteiger partial charge is 0.228 e. The molecular formula is C4H11NO4S2. The quantitative estimate of drug-likeness (QED) is 0.637. The van der Waals surface area contributed by atoms with Crippen LogP contribution in [0.1, 0.15) is 13.3 Å². The highest BCUT2D eigenvalue weighted by molar-refractivity contribution is 8.07. The van der Waals surface area contributed by atoms with Crippen molar-refractivity contribution >= 4 is 19.9 Å². The minimum Gasteiger partial charge on any atom is -0.228 e. The maximum absolute atomic E-state index is 10.7. The van der Waals surface area contributed by atoms with Crippen LogP contribution in [0.3, 0.4) is 0 Å². The first-order chi connectivity index (χ1) is 4.69. The van der Waals surface area contributed by atoms with Crippen molar-refractivity contribution in [1.82, 2.24) is 0 Å². The van der Waals surface area contributed by atoms with Crippen LogP contribution in [-0.2, 0) is 19.9 Å². The Hall–Kier alpha value is -0.140. The Morgan fingerprint density at radius 1 is 1.27 bits per heavy atom. The summed E-state index contributed by atoms with van der Waals surface area (Å²) in [6.45, 7) is 1.45. The predicted molar refractivity (Wildman–Crippen MR) is 42.0 cm³/mol. The second kappa shape index (κ2) is 3.08. The molecule has 2 N–H and O–H groups in total. The van der Waals surface area contributed by atoms with E-state index in [1.165, 1.54) is 6.92 Å². The number of sulfone groups is 1. The molecule has 0 aromatic carbocycles. The van der Waals surface area contributed by atoms with E-state index in [9.17, 15) is 16.8 Å². The highest BCUT2D eigenvalue weighted by Crippen LogP contribution is 2.08. The summed E-state index contributed by atoms with van der Waals surface area (Å²) in [5.74, 6) is 0. The summed E-state index contributed by atoms with van der Waals surface area (Å²) in [4.78, 5) is 0. The topological polar surface area (TPSA) is 94.3 Å². The summed E-state index contributed by atoms with van der Waals surface area (Å²) >= 11 is 0. The van der Waals surface area contributed by atoms with Gasteiger partial charge in [0.25, 0.3) is 0 Å². The third-order valence-electron chi connectivity index (χ3n) is 1.18. The molecule has 0 rings (SSSR count). The van der Waals surface area contributed by atoms with Gasteiger partial charge in [-0.05, 0) is 6.42 Å². The molecule has 0 aromatic heterocycles. The van der Waals surface area contributed by atoms with Gasteiger partial charge in [0.15, 0.2) is 14.4 Å². The maximum atomic E-state index is 10.7. The first kappa shape index (κ1) is 10.9. The summed E-state index contributed by atoms with van der Waals surface area (Å²) < 4.78 is 41.3. The van der Waals surface area contributed by atoms with Crippen LogP contribution >= 0.6 is 0 Å². The summed E-state index contributed by atoms with van der Waals surface area (Å²) in [6.07, 6.45) is 0.837. The SMILES string of the molecule is CCC(S(C)(=O)=O)S(N)(=O)=O. The fourth-order valence-electron chi connectivity index (χ4n) is 0.779. The highest BCUT2D eigenvalue weighted by Gasteiger charge is 2.29. The Labute approximate surface area is 66.6 Å². The smallest absolute Gasteiger partial charge is 0.226 e. The molecule has 0 saturated carbocycles. The van der Waals surface area contributed by atoms with E-state index in [1.807, 2.05) is 0 Å². The third-order valence-corrected chi connectivity index (χ3v) is 5.39. The molecule has 5 nitrogen and oxygen atoms in total. The zero-order valence-electron chi connectivity index (χ0n) is 6.31. The van der Waals surface area contributed by atoms with Gasteiger partial charge in [0.05, 0.1) is 0 Å². The van der Waals surface area contributed by atoms with E-state index >= 15 is 0 Å². The molecule has 0 aliphatic rings. The number of nitrogens with two attached hydrogens (primary N) is 1. The molecule has 0 aromatic rings. The Morgan fingerprint density at radius 2 is 1.64 bits per heavy atom. The molecule has 0 fully saturated rings. The molecule has 0 aliphatic carbocycles. The lowest BCUT2D eigenvalue weighted by Gasteiger charge is -2.08. The van der Waals surface area contributed by atoms with E-state index in [0.717, 1.165) is 6.26 Å². The van der Waals surface area contributed by atoms with Crippen molar-refractivity contribution in [1.29, 1.82) is 0 Å². The van der Waals surface area contributed by atoms with Crippen molar-refractivity contribution in [2.75, 3.05) is 6.26 Å². The number of sulfonamides is 1. The van der Waals surface area contributed by atoms with Gasteiger partial charge in [-0.3, -0.25) is 0 Å². The minimum absolute atomic E-state index is 0.0162. The van der Waals surface area contributed by atoms with Crippen LogP contribution in [0.4, 0.5) is 0 Å². The molecule has 0 heterocycles. The second-order valence-corrected chi connectivity index (χ2v) is 6.53. The molecule has 11 heavy (non-hydrogen) atoms. The maximum Gasteiger partial charge on any atom is 0.226 e. The van der Waals surface area contributed by atoms with Gasteiger partial charge in [-0.1, -0.05) is 6.92 Å². The van der Waals surface area contributed by atoms with Crippen molar-refractivity contribution in [3.63, 3.8) is 0 Å². The highest BCUT2D eigenvalue weighted by atomic mass is 32.3. The number of hydrogen-bond donors (Lipinski definition) is 1. The molecule has 0 aliphatic heterocycles. The molecule has 0 spiro atoms. The lowest BCUT2D eigenvalue weighted by atomic mass is 10.6. The summed E-state index contributed by atoms with van der Waals surface area (Å²) in [5.41, 5.74) is 0. The van der Waals surface area contributed by atoms with Crippen LogP contribution in [-0.4, -0.2) is 27.7 Å². The van der Waals surface area contributed by atoms with E-state index in [0.29, 0.717) is 0 Å². The summed E-state index contributed by atoms with van der Waals surface area (Å²) in [6, 6.07) is 0. The van der Waals surface area contributed by atoms with Crippen molar-refractivity contribution in [2.24, 2.45) is 5.14 Å². The van der Waals surface area contributed by atoms with Crippen molar-refractivity contribution < 1.29 is 16.8 Å². The van der Waals surface area contributed by atoms with Crippen LogP contribution in [0.5, 0.6) is 0 Å². The number of rotatable bonds is 3. The van der Waals surface area contributed by atoms with Gasteiger partial charge in [0.2, 0.25) is 10.0 Å². The minimum atomic E-state index is -3.96. The van der Waals surface area contributed by atoms with Gasteiger partial charge in [-0.15, -0.1) is 0 Å². The Kier molecular flexibility index (Phi) is 3.04. The molecule has 7 heteroatoms. The first-order valence-corrected chi connectivity index (χ1v) is 6.46. The van der Waals surface area contributed by atoms with Crippen LogP contribution in [0.2, 0.25) is 0 Å². The van der Waals surface area contributed by atoms with E-state index < -0.39 is 24.4 Å². The van der Waals surface area contributed by atoms with Crippen molar-refractivity contribution in [3.05, 3.63) is 0 Å². The predicted octanol–water partition coefficient (Wildman–Crippen LogP) is -0.944. The molecule has 0 radical (unpaired) electrons. The molecule has 1 unspecified atom stereocenters. The second-order valence-electron chi connectivity index (χ2n) is 2.26. The van der Waals surface area contributed by atoms with Gasteiger partial charge in [0.1, 0.15) is 0 Å². The Balaban J connectivity index is 5.05. The van der Waals surface area contributed by atoms with Crippen molar-refractivity contribution in [2.45, 2.75) is 17.9 Å². The van der Waals surface area contributed by atoms with Crippen LogP contribution in [0, 0.1) is 0 Å². The van der Waals surface area contributed by atoms with Gasteiger partial charge in [-0.25, -0.2) is 22.0 Å². The zero-order valence-corrected chi connectivity index (χ0v) is 7.94. The molecule has 1 atom stereocenters. The fraction of sp³-hybridized carbons (Fsp3) is 1.00. The Bertz CT molecular complexity index is 282. The van der Waals surface area contributed by atoms with Crippen LogP contribution in [0.15, 0.2) is 0 Å². The van der Waals surface area contributed by atoms with E-state index in [-0.39, 0.29) is 6.42 Å². The standard InChI is InChI=1S/C4H11NO4S2/c1-3-4(10(2,6)7)11(5,8)9/h4H,3H2,1-2H3,(H2,5,8,9). The molecule has 0 bridgehead atoms. The van der Waals surface area contributed by atoms with Crippen molar-refractivity contribution in [3.8, 4) is 0 Å². The number of hydrogen-bond acceptors (Lipinski definition) is 4. The van der Waals surface area contributed by atoms with Gasteiger partial charge in [0, 0.05) is 6.26 Å². The average molecular weight is 201 g/mol. The van der Waals surface area contributed by atoms with Crippen LogP contribution < -0.4 is 5.14 Å². The lowest BCUT2D eigenvalue weighted by Crippen LogP contribution is -2.34.